The van der Waals surface area contributed by atoms with Crippen LogP contribution in [0.1, 0.15) is 55.6 Å². The van der Waals surface area contributed by atoms with Gasteiger partial charge in [0.05, 0.1) is 11.4 Å². The Morgan fingerprint density at radius 3 is 2.58 bits per heavy atom. The summed E-state index contributed by atoms with van der Waals surface area (Å²) in [4.78, 5) is 19.2. The van der Waals surface area contributed by atoms with E-state index in [-0.39, 0.29) is 46.7 Å². The van der Waals surface area contributed by atoms with Crippen LogP contribution >= 0.6 is 0 Å². The summed E-state index contributed by atoms with van der Waals surface area (Å²) in [5.74, 6) is -3.08. The van der Waals surface area contributed by atoms with Crippen LogP contribution in [0.3, 0.4) is 0 Å². The molecule has 3 atom stereocenters. The van der Waals surface area contributed by atoms with Gasteiger partial charge in [0, 0.05) is 49.1 Å². The van der Waals surface area contributed by atoms with Crippen LogP contribution in [0.5, 0.6) is 0 Å². The number of amides is 1. The van der Waals surface area contributed by atoms with Crippen molar-refractivity contribution in [3.63, 3.8) is 0 Å². The number of aromatic nitrogens is 2. The van der Waals surface area contributed by atoms with Crippen molar-refractivity contribution in [1.82, 2.24) is 14.3 Å². The number of rotatable bonds is 8. The zero-order valence-corrected chi connectivity index (χ0v) is 21.9. The summed E-state index contributed by atoms with van der Waals surface area (Å²) in [6.07, 6.45) is 4.35. The number of imidazole rings is 1. The second-order valence-corrected chi connectivity index (χ2v) is 11.7. The van der Waals surface area contributed by atoms with Crippen LogP contribution in [-0.2, 0) is 34.3 Å². The molecule has 5 rings (SSSR count). The molecule has 2 aliphatic carbocycles. The van der Waals surface area contributed by atoms with Crippen molar-refractivity contribution in [2.75, 3.05) is 4.90 Å². The lowest BCUT2D eigenvalue weighted by atomic mass is 9.85. The van der Waals surface area contributed by atoms with Gasteiger partial charge in [-0.3, -0.25) is 4.79 Å². The van der Waals surface area contributed by atoms with Gasteiger partial charge >= 0.3 is 0 Å². The Morgan fingerprint density at radius 2 is 1.95 bits per heavy atom. The van der Waals surface area contributed by atoms with Gasteiger partial charge in [0.25, 0.3) is 5.92 Å². The SMILES string of the molecule is CCC1CC1C(=O)N(Cc1nccn1C)c1ccc2c(c1)C(NS(=O)(=O)c1ccc(F)cc1)CCC2(F)F. The second kappa shape index (κ2) is 9.85. The largest absolute Gasteiger partial charge is 0.337 e. The van der Waals surface area contributed by atoms with Gasteiger partial charge in [-0.2, -0.15) is 0 Å². The highest BCUT2D eigenvalue weighted by Crippen LogP contribution is 2.47. The first-order valence-corrected chi connectivity index (χ1v) is 14.1. The van der Waals surface area contributed by atoms with E-state index in [0.29, 0.717) is 11.5 Å². The molecule has 1 amide bonds. The molecule has 7 nitrogen and oxygen atoms in total. The fraction of sp³-hybridized carbons (Fsp3) is 0.407. The Morgan fingerprint density at radius 1 is 1.21 bits per heavy atom. The van der Waals surface area contributed by atoms with Crippen LogP contribution in [0.15, 0.2) is 59.8 Å². The number of hydrogen-bond donors (Lipinski definition) is 1. The summed E-state index contributed by atoms with van der Waals surface area (Å²) in [5, 5.41) is 0. The lowest BCUT2D eigenvalue weighted by Crippen LogP contribution is -2.36. The van der Waals surface area contributed by atoms with E-state index in [9.17, 15) is 26.4 Å². The number of halogens is 3. The lowest BCUT2D eigenvalue weighted by molar-refractivity contribution is -0.120. The van der Waals surface area contributed by atoms with Crippen molar-refractivity contribution >= 4 is 21.6 Å². The predicted molar refractivity (Wildman–Crippen MR) is 135 cm³/mol. The zero-order chi connectivity index (χ0) is 27.2. The smallest absolute Gasteiger partial charge is 0.273 e. The number of carbonyl (C=O) groups excluding carboxylic acids is 1. The van der Waals surface area contributed by atoms with E-state index in [1.54, 1.807) is 21.9 Å². The van der Waals surface area contributed by atoms with Crippen LogP contribution in [0, 0.1) is 17.7 Å². The van der Waals surface area contributed by atoms with Gasteiger partial charge in [-0.25, -0.2) is 31.3 Å². The number of sulfonamides is 1. The monoisotopic (exact) mass is 546 g/mol. The van der Waals surface area contributed by atoms with Crippen LogP contribution in [-0.4, -0.2) is 23.9 Å². The van der Waals surface area contributed by atoms with Crippen molar-refractivity contribution < 1.29 is 26.4 Å². The third-order valence-corrected chi connectivity index (χ3v) is 9.02. The minimum absolute atomic E-state index is 0.106. The number of hydrogen-bond acceptors (Lipinski definition) is 4. The minimum Gasteiger partial charge on any atom is -0.337 e. The maximum atomic E-state index is 14.9. The molecule has 3 aromatic rings. The Kier molecular flexibility index (Phi) is 6.85. The zero-order valence-electron chi connectivity index (χ0n) is 21.1. The number of nitrogens with zero attached hydrogens (tertiary/aromatic N) is 3. The number of alkyl halides is 2. The number of carbonyl (C=O) groups is 1. The highest BCUT2D eigenvalue weighted by molar-refractivity contribution is 7.89. The predicted octanol–water partition coefficient (Wildman–Crippen LogP) is 5.04. The third kappa shape index (κ3) is 5.09. The van der Waals surface area contributed by atoms with Crippen LogP contribution in [0.25, 0.3) is 0 Å². The molecule has 0 bridgehead atoms. The molecule has 0 spiro atoms. The summed E-state index contributed by atoms with van der Waals surface area (Å²) in [6.45, 7) is 2.18. The van der Waals surface area contributed by atoms with Crippen molar-refractivity contribution in [2.24, 2.45) is 18.9 Å². The Hall–Kier alpha value is -3.18. The van der Waals surface area contributed by atoms with E-state index < -0.39 is 34.2 Å². The summed E-state index contributed by atoms with van der Waals surface area (Å²) in [6, 6.07) is 7.62. The van der Waals surface area contributed by atoms with Gasteiger partial charge in [0.1, 0.15) is 11.6 Å². The first kappa shape index (κ1) is 26.4. The first-order valence-electron chi connectivity index (χ1n) is 12.6. The summed E-state index contributed by atoms with van der Waals surface area (Å²) < 4.78 is 73.6. The van der Waals surface area contributed by atoms with E-state index in [4.69, 9.17) is 0 Å². The van der Waals surface area contributed by atoms with Crippen LogP contribution < -0.4 is 9.62 Å². The molecule has 2 aliphatic rings. The van der Waals surface area contributed by atoms with E-state index in [2.05, 4.69) is 9.71 Å². The molecule has 1 fully saturated rings. The van der Waals surface area contributed by atoms with E-state index in [0.717, 1.165) is 37.1 Å². The standard InChI is InChI=1S/C27H29F3N4O3S/c1-3-17-14-21(17)26(35)34(16-25-31-12-13-33(25)2)19-6-9-23-22(15-19)24(10-11-27(23,29)30)32-38(36,37)20-7-4-18(28)5-8-20/h4-9,12-13,15,17,21,24,32H,3,10-11,14,16H2,1-2H3. The van der Waals surface area contributed by atoms with E-state index >= 15 is 0 Å². The van der Waals surface area contributed by atoms with Gasteiger partial charge in [-0.05, 0) is 60.7 Å². The lowest BCUT2D eigenvalue weighted by Gasteiger charge is -2.33. The summed E-state index contributed by atoms with van der Waals surface area (Å²) in [7, 11) is -2.31. The van der Waals surface area contributed by atoms with Crippen molar-refractivity contribution in [2.45, 2.75) is 56.0 Å². The normalized spacial score (nSPS) is 22.1. The Labute approximate surface area is 219 Å². The van der Waals surface area contributed by atoms with Crippen molar-refractivity contribution in [3.8, 4) is 0 Å². The molecule has 38 heavy (non-hydrogen) atoms. The van der Waals surface area contributed by atoms with Gasteiger partial charge in [-0.15, -0.1) is 0 Å². The summed E-state index contributed by atoms with van der Waals surface area (Å²) in [5.41, 5.74) is 0.244. The third-order valence-electron chi connectivity index (χ3n) is 7.54. The number of anilines is 1. The van der Waals surface area contributed by atoms with E-state index in [1.165, 1.54) is 18.2 Å². The molecule has 1 saturated carbocycles. The van der Waals surface area contributed by atoms with Gasteiger partial charge in [0.2, 0.25) is 15.9 Å². The molecule has 3 unspecified atom stereocenters. The average molecular weight is 547 g/mol. The fourth-order valence-electron chi connectivity index (χ4n) is 5.13. The van der Waals surface area contributed by atoms with Crippen LogP contribution in [0.2, 0.25) is 0 Å². The Balaban J connectivity index is 1.52. The van der Waals surface area contributed by atoms with Gasteiger partial charge in [-0.1, -0.05) is 19.4 Å². The minimum atomic E-state index is -4.12. The number of benzene rings is 2. The maximum Gasteiger partial charge on any atom is 0.273 e. The molecule has 1 aromatic heterocycles. The van der Waals surface area contributed by atoms with Crippen molar-refractivity contribution in [3.05, 3.63) is 77.6 Å². The van der Waals surface area contributed by atoms with Gasteiger partial charge < -0.3 is 9.47 Å². The molecule has 1 heterocycles. The molecule has 0 radical (unpaired) electrons. The highest BCUT2D eigenvalue weighted by atomic mass is 32.2. The number of nitrogens with one attached hydrogen (secondary N) is 1. The molecule has 1 N–H and O–H groups in total. The highest BCUT2D eigenvalue weighted by Gasteiger charge is 2.45. The number of aryl methyl sites for hydroxylation is 1. The molecular formula is C27H29F3N4O3S. The fourth-order valence-corrected chi connectivity index (χ4v) is 6.38. The first-order chi connectivity index (χ1) is 18.0. The van der Waals surface area contributed by atoms with E-state index in [1.807, 2.05) is 14.0 Å². The quantitative estimate of drug-likeness (QED) is 0.429. The van der Waals surface area contributed by atoms with Gasteiger partial charge in [0.15, 0.2) is 0 Å². The molecule has 202 valence electrons. The molecule has 2 aromatic carbocycles. The molecular weight excluding hydrogens is 517 g/mol. The van der Waals surface area contributed by atoms with Crippen molar-refractivity contribution in [1.29, 1.82) is 0 Å². The molecule has 0 aliphatic heterocycles. The maximum absolute atomic E-state index is 14.9. The molecule has 11 heteroatoms. The molecule has 0 saturated heterocycles. The summed E-state index contributed by atoms with van der Waals surface area (Å²) >= 11 is 0. The number of fused-ring (bicyclic) bond motifs is 1. The second-order valence-electron chi connectivity index (χ2n) is 10.0. The topological polar surface area (TPSA) is 84.3 Å². The van der Waals surface area contributed by atoms with Crippen LogP contribution in [0.4, 0.5) is 18.9 Å². The Bertz CT molecular complexity index is 1460. The average Bonchev–Trinajstić information content (AvgIpc) is 3.57.